The van der Waals surface area contributed by atoms with Gasteiger partial charge in [-0.3, -0.25) is 9.69 Å². The predicted molar refractivity (Wildman–Crippen MR) is 100 cm³/mol. The summed E-state index contributed by atoms with van der Waals surface area (Å²) < 4.78 is 0. The van der Waals surface area contributed by atoms with Crippen LogP contribution in [-0.4, -0.2) is 72.5 Å². The van der Waals surface area contributed by atoms with Gasteiger partial charge in [0.05, 0.1) is 5.92 Å². The number of hydrogen-bond donors (Lipinski definition) is 0. The van der Waals surface area contributed by atoms with Crippen LogP contribution in [0.2, 0.25) is 0 Å². The maximum Gasteiger partial charge on any atom is 0.227 e. The highest BCUT2D eigenvalue weighted by molar-refractivity contribution is 5.79. The highest BCUT2D eigenvalue weighted by Crippen LogP contribution is 2.30. The van der Waals surface area contributed by atoms with Crippen LogP contribution in [0.5, 0.6) is 0 Å². The SMILES string of the molecule is CN1CCC[C@H](C(=O)N2CCN(C3CC3)C[C@@H]2Cc2ccccc2)C1. The van der Waals surface area contributed by atoms with Gasteiger partial charge in [-0.1, -0.05) is 30.3 Å². The molecule has 0 radical (unpaired) electrons. The maximum absolute atomic E-state index is 13.3. The van der Waals surface area contributed by atoms with Crippen molar-refractivity contribution in [1.82, 2.24) is 14.7 Å². The predicted octanol–water partition coefficient (Wildman–Crippen LogP) is 2.25. The molecule has 2 atom stereocenters. The molecule has 3 fully saturated rings. The zero-order chi connectivity index (χ0) is 17.2. The first-order valence-electron chi connectivity index (χ1n) is 9.97. The van der Waals surface area contributed by atoms with Crippen LogP contribution >= 0.6 is 0 Å². The van der Waals surface area contributed by atoms with Gasteiger partial charge in [0.2, 0.25) is 5.91 Å². The Hall–Kier alpha value is -1.39. The number of hydrogen-bond acceptors (Lipinski definition) is 3. The topological polar surface area (TPSA) is 26.8 Å². The molecule has 2 heterocycles. The third kappa shape index (κ3) is 4.06. The minimum Gasteiger partial charge on any atom is -0.337 e. The quantitative estimate of drug-likeness (QED) is 0.840. The minimum atomic E-state index is 0.199. The first-order chi connectivity index (χ1) is 12.2. The van der Waals surface area contributed by atoms with Crippen LogP contribution in [0.1, 0.15) is 31.2 Å². The molecule has 1 saturated carbocycles. The number of piperidine rings is 1. The average Bonchev–Trinajstić information content (AvgIpc) is 3.47. The van der Waals surface area contributed by atoms with Crippen LogP contribution in [0.3, 0.4) is 0 Å². The van der Waals surface area contributed by atoms with E-state index in [2.05, 4.69) is 52.1 Å². The number of rotatable bonds is 4. The smallest absolute Gasteiger partial charge is 0.227 e. The maximum atomic E-state index is 13.3. The number of likely N-dealkylation sites (tertiary alicyclic amines) is 1. The number of benzene rings is 1. The van der Waals surface area contributed by atoms with Crippen molar-refractivity contribution in [3.05, 3.63) is 35.9 Å². The van der Waals surface area contributed by atoms with Gasteiger partial charge < -0.3 is 9.80 Å². The molecule has 1 aromatic rings. The van der Waals surface area contributed by atoms with Crippen molar-refractivity contribution in [2.24, 2.45) is 5.92 Å². The Balaban J connectivity index is 1.48. The zero-order valence-corrected chi connectivity index (χ0v) is 15.4. The molecule has 0 bridgehead atoms. The Morgan fingerprint density at radius 2 is 1.84 bits per heavy atom. The normalized spacial score (nSPS) is 28.9. The van der Waals surface area contributed by atoms with E-state index in [4.69, 9.17) is 0 Å². The van der Waals surface area contributed by atoms with Crippen LogP contribution < -0.4 is 0 Å². The van der Waals surface area contributed by atoms with Gasteiger partial charge in [-0.2, -0.15) is 0 Å². The molecule has 1 aliphatic carbocycles. The summed E-state index contributed by atoms with van der Waals surface area (Å²) in [4.78, 5) is 20.5. The fourth-order valence-electron chi connectivity index (χ4n) is 4.60. The summed E-state index contributed by atoms with van der Waals surface area (Å²) in [5, 5.41) is 0. The second kappa shape index (κ2) is 7.46. The van der Waals surface area contributed by atoms with E-state index in [0.717, 1.165) is 58.0 Å². The molecule has 2 aliphatic heterocycles. The number of nitrogens with zero attached hydrogens (tertiary/aromatic N) is 3. The molecule has 0 unspecified atom stereocenters. The molecule has 3 aliphatic rings. The third-order valence-corrected chi connectivity index (χ3v) is 6.15. The molecule has 1 aromatic carbocycles. The van der Waals surface area contributed by atoms with Crippen LogP contribution in [0, 0.1) is 5.92 Å². The molecule has 4 rings (SSSR count). The summed E-state index contributed by atoms with van der Waals surface area (Å²) >= 11 is 0. The van der Waals surface area contributed by atoms with E-state index in [-0.39, 0.29) is 5.92 Å². The fourth-order valence-corrected chi connectivity index (χ4v) is 4.60. The monoisotopic (exact) mass is 341 g/mol. The first-order valence-corrected chi connectivity index (χ1v) is 9.97. The van der Waals surface area contributed by atoms with Gasteiger partial charge in [-0.25, -0.2) is 0 Å². The highest BCUT2D eigenvalue weighted by Gasteiger charge is 2.39. The van der Waals surface area contributed by atoms with Gasteiger partial charge in [-0.05, 0) is 51.3 Å². The minimum absolute atomic E-state index is 0.199. The van der Waals surface area contributed by atoms with Crippen molar-refractivity contribution in [3.63, 3.8) is 0 Å². The van der Waals surface area contributed by atoms with Crippen molar-refractivity contribution in [1.29, 1.82) is 0 Å². The van der Waals surface area contributed by atoms with Crippen LogP contribution in [0.15, 0.2) is 30.3 Å². The summed E-state index contributed by atoms with van der Waals surface area (Å²) in [6.45, 7) is 5.08. The molecular weight excluding hydrogens is 310 g/mol. The summed E-state index contributed by atoms with van der Waals surface area (Å²) in [6, 6.07) is 11.8. The molecule has 0 spiro atoms. The second-order valence-electron chi connectivity index (χ2n) is 8.20. The molecule has 2 saturated heterocycles. The van der Waals surface area contributed by atoms with Crippen LogP contribution in [0.4, 0.5) is 0 Å². The fraction of sp³-hybridized carbons (Fsp3) is 0.667. The number of carbonyl (C=O) groups is 1. The molecule has 0 N–H and O–H groups in total. The van der Waals surface area contributed by atoms with Gasteiger partial charge in [0.15, 0.2) is 0 Å². The number of piperazine rings is 1. The summed E-state index contributed by atoms with van der Waals surface area (Å²) in [7, 11) is 2.14. The van der Waals surface area contributed by atoms with Crippen molar-refractivity contribution in [2.45, 2.75) is 44.2 Å². The van der Waals surface area contributed by atoms with E-state index in [0.29, 0.717) is 11.9 Å². The summed E-state index contributed by atoms with van der Waals surface area (Å²) in [5.74, 6) is 0.604. The molecule has 4 nitrogen and oxygen atoms in total. The molecule has 25 heavy (non-hydrogen) atoms. The Morgan fingerprint density at radius 1 is 1.04 bits per heavy atom. The van der Waals surface area contributed by atoms with Gasteiger partial charge in [0.1, 0.15) is 0 Å². The van der Waals surface area contributed by atoms with E-state index in [1.54, 1.807) is 0 Å². The van der Waals surface area contributed by atoms with Crippen molar-refractivity contribution in [3.8, 4) is 0 Å². The van der Waals surface area contributed by atoms with Crippen LogP contribution in [-0.2, 0) is 11.2 Å². The Labute approximate surface area is 151 Å². The van der Waals surface area contributed by atoms with Crippen molar-refractivity contribution < 1.29 is 4.79 Å². The first kappa shape index (κ1) is 17.0. The molecule has 136 valence electrons. The van der Waals surface area contributed by atoms with Crippen LogP contribution in [0.25, 0.3) is 0 Å². The summed E-state index contributed by atoms with van der Waals surface area (Å²) in [5.41, 5.74) is 1.35. The second-order valence-corrected chi connectivity index (χ2v) is 8.20. The van der Waals surface area contributed by atoms with Gasteiger partial charge in [-0.15, -0.1) is 0 Å². The van der Waals surface area contributed by atoms with Gasteiger partial charge in [0, 0.05) is 38.3 Å². The van der Waals surface area contributed by atoms with E-state index in [1.807, 2.05) is 0 Å². The molecule has 1 amide bonds. The number of amides is 1. The summed E-state index contributed by atoms with van der Waals surface area (Å²) in [6.07, 6.45) is 5.89. The lowest BCUT2D eigenvalue weighted by Gasteiger charge is -2.44. The van der Waals surface area contributed by atoms with E-state index in [9.17, 15) is 4.79 Å². The third-order valence-electron chi connectivity index (χ3n) is 6.15. The molecule has 0 aromatic heterocycles. The largest absolute Gasteiger partial charge is 0.337 e. The van der Waals surface area contributed by atoms with Gasteiger partial charge >= 0.3 is 0 Å². The lowest BCUT2D eigenvalue weighted by atomic mass is 9.94. The van der Waals surface area contributed by atoms with Crippen molar-refractivity contribution >= 4 is 5.91 Å². The highest BCUT2D eigenvalue weighted by atomic mass is 16.2. The van der Waals surface area contributed by atoms with E-state index < -0.39 is 0 Å². The molecular formula is C21H31N3O. The van der Waals surface area contributed by atoms with Crippen molar-refractivity contribution in [2.75, 3.05) is 39.8 Å². The lowest BCUT2D eigenvalue weighted by molar-refractivity contribution is -0.142. The van der Waals surface area contributed by atoms with Gasteiger partial charge in [0.25, 0.3) is 0 Å². The van der Waals surface area contributed by atoms with E-state index in [1.165, 1.54) is 18.4 Å². The Bertz CT molecular complexity index is 586. The lowest BCUT2D eigenvalue weighted by Crippen LogP contribution is -2.58. The van der Waals surface area contributed by atoms with E-state index >= 15 is 0 Å². The average molecular weight is 341 g/mol. The Kier molecular flexibility index (Phi) is 5.09. The number of carbonyl (C=O) groups excluding carboxylic acids is 1. The molecule has 4 heteroatoms. The zero-order valence-electron chi connectivity index (χ0n) is 15.4. The Morgan fingerprint density at radius 3 is 2.56 bits per heavy atom. The standard InChI is InChI=1S/C21H31N3O/c1-22-11-5-8-18(15-22)21(25)24-13-12-23(19-9-10-19)16-20(24)14-17-6-3-2-4-7-17/h2-4,6-7,18-20H,5,8-16H2,1H3/t18-,20-/m0/s1.